The lowest BCUT2D eigenvalue weighted by Crippen LogP contribution is -2.13. The standard InChI is InChI=1S/C13H19N3O2S/c1-3-4-13-15-11-9-10(14)5-6-12(11)16(13)7-8-19(2,17)18/h5-6,9H,3-4,7-8,14H2,1-2H3. The second-order valence-electron chi connectivity index (χ2n) is 4.81. The fourth-order valence-corrected chi connectivity index (χ4v) is 2.63. The van der Waals surface area contributed by atoms with Crippen LogP contribution in [0.4, 0.5) is 5.69 Å². The van der Waals surface area contributed by atoms with Gasteiger partial charge in [0.1, 0.15) is 15.7 Å². The van der Waals surface area contributed by atoms with Crippen LogP contribution in [0.1, 0.15) is 19.2 Å². The number of aryl methyl sites for hydroxylation is 2. The van der Waals surface area contributed by atoms with Crippen LogP contribution in [0.3, 0.4) is 0 Å². The van der Waals surface area contributed by atoms with E-state index < -0.39 is 9.84 Å². The van der Waals surface area contributed by atoms with Crippen molar-refractivity contribution in [1.29, 1.82) is 0 Å². The number of imidazole rings is 1. The van der Waals surface area contributed by atoms with Crippen molar-refractivity contribution in [3.63, 3.8) is 0 Å². The number of benzene rings is 1. The Kier molecular flexibility index (Phi) is 3.80. The summed E-state index contributed by atoms with van der Waals surface area (Å²) in [5.74, 6) is 1.05. The minimum absolute atomic E-state index is 0.125. The smallest absolute Gasteiger partial charge is 0.149 e. The van der Waals surface area contributed by atoms with Gasteiger partial charge in [0.25, 0.3) is 0 Å². The molecule has 0 aliphatic carbocycles. The zero-order chi connectivity index (χ0) is 14.0. The fraction of sp³-hybridized carbons (Fsp3) is 0.462. The van der Waals surface area contributed by atoms with E-state index in [-0.39, 0.29) is 5.75 Å². The summed E-state index contributed by atoms with van der Waals surface area (Å²) in [6.45, 7) is 2.52. The monoisotopic (exact) mass is 281 g/mol. The highest BCUT2D eigenvalue weighted by molar-refractivity contribution is 7.90. The molecule has 0 atom stereocenters. The highest BCUT2D eigenvalue weighted by atomic mass is 32.2. The van der Waals surface area contributed by atoms with E-state index in [9.17, 15) is 8.42 Å². The second kappa shape index (κ2) is 5.21. The Morgan fingerprint density at radius 1 is 1.37 bits per heavy atom. The summed E-state index contributed by atoms with van der Waals surface area (Å²) in [4.78, 5) is 4.55. The first kappa shape index (κ1) is 13.9. The normalized spacial score (nSPS) is 12.1. The summed E-state index contributed by atoms with van der Waals surface area (Å²) in [5.41, 5.74) is 8.20. The van der Waals surface area contributed by atoms with Gasteiger partial charge in [-0.2, -0.15) is 0 Å². The Balaban J connectivity index is 2.45. The van der Waals surface area contributed by atoms with Gasteiger partial charge in [0.05, 0.1) is 16.8 Å². The molecule has 0 radical (unpaired) electrons. The Labute approximate surface area is 113 Å². The molecule has 0 amide bonds. The minimum Gasteiger partial charge on any atom is -0.399 e. The number of rotatable bonds is 5. The average Bonchev–Trinajstić information content (AvgIpc) is 2.62. The van der Waals surface area contributed by atoms with Crippen molar-refractivity contribution in [2.45, 2.75) is 26.3 Å². The lowest BCUT2D eigenvalue weighted by molar-refractivity contribution is 0.593. The quantitative estimate of drug-likeness (QED) is 0.845. The molecule has 1 aromatic carbocycles. The average molecular weight is 281 g/mol. The number of nitrogen functional groups attached to an aromatic ring is 1. The first-order chi connectivity index (χ1) is 8.90. The van der Waals surface area contributed by atoms with E-state index in [4.69, 9.17) is 5.73 Å². The first-order valence-corrected chi connectivity index (χ1v) is 8.39. The Morgan fingerprint density at radius 2 is 2.11 bits per heavy atom. The van der Waals surface area contributed by atoms with Crippen LogP contribution in [0.5, 0.6) is 0 Å². The number of fused-ring (bicyclic) bond motifs is 1. The molecular weight excluding hydrogens is 262 g/mol. The Hall–Kier alpha value is -1.56. The molecule has 104 valence electrons. The van der Waals surface area contributed by atoms with Gasteiger partial charge >= 0.3 is 0 Å². The highest BCUT2D eigenvalue weighted by Gasteiger charge is 2.12. The summed E-state index contributed by atoms with van der Waals surface area (Å²) in [6, 6.07) is 5.54. The van der Waals surface area contributed by atoms with Crippen molar-refractivity contribution >= 4 is 26.6 Å². The maximum absolute atomic E-state index is 11.3. The molecule has 0 saturated carbocycles. The Bertz CT molecular complexity index is 689. The molecule has 2 N–H and O–H groups in total. The van der Waals surface area contributed by atoms with Crippen LogP contribution in [0, 0.1) is 0 Å². The maximum atomic E-state index is 11.3. The molecule has 2 rings (SSSR count). The number of nitrogens with two attached hydrogens (primary N) is 1. The van der Waals surface area contributed by atoms with E-state index >= 15 is 0 Å². The molecular formula is C13H19N3O2S. The molecule has 0 spiro atoms. The maximum Gasteiger partial charge on any atom is 0.149 e. The summed E-state index contributed by atoms with van der Waals surface area (Å²) in [5, 5.41) is 0. The van der Waals surface area contributed by atoms with Gasteiger partial charge in [-0.15, -0.1) is 0 Å². The van der Waals surface area contributed by atoms with Gasteiger partial charge in [0.2, 0.25) is 0 Å². The minimum atomic E-state index is -2.98. The summed E-state index contributed by atoms with van der Waals surface area (Å²) in [6.07, 6.45) is 3.06. The first-order valence-electron chi connectivity index (χ1n) is 6.33. The van der Waals surface area contributed by atoms with Gasteiger partial charge in [-0.1, -0.05) is 6.92 Å². The third-order valence-corrected chi connectivity index (χ3v) is 3.93. The summed E-state index contributed by atoms with van der Waals surface area (Å²) < 4.78 is 24.6. The number of anilines is 1. The third-order valence-electron chi connectivity index (χ3n) is 3.01. The molecule has 0 unspecified atom stereocenters. The van der Waals surface area contributed by atoms with Crippen molar-refractivity contribution in [2.75, 3.05) is 17.7 Å². The summed E-state index contributed by atoms with van der Waals surface area (Å²) in [7, 11) is -2.98. The number of hydrogen-bond acceptors (Lipinski definition) is 4. The molecule has 0 fully saturated rings. The van der Waals surface area contributed by atoms with Gasteiger partial charge in [0.15, 0.2) is 0 Å². The van der Waals surface area contributed by atoms with E-state index in [2.05, 4.69) is 11.9 Å². The predicted molar refractivity (Wildman–Crippen MR) is 77.9 cm³/mol. The van der Waals surface area contributed by atoms with Crippen LogP contribution in [0.25, 0.3) is 11.0 Å². The van der Waals surface area contributed by atoms with Gasteiger partial charge in [-0.25, -0.2) is 13.4 Å². The molecule has 5 nitrogen and oxygen atoms in total. The van der Waals surface area contributed by atoms with Crippen molar-refractivity contribution in [3.05, 3.63) is 24.0 Å². The van der Waals surface area contributed by atoms with E-state index in [1.807, 2.05) is 22.8 Å². The molecule has 0 bridgehead atoms. The van der Waals surface area contributed by atoms with Gasteiger partial charge in [-0.3, -0.25) is 0 Å². The number of hydrogen-bond donors (Lipinski definition) is 1. The van der Waals surface area contributed by atoms with Crippen LogP contribution in [-0.4, -0.2) is 30.0 Å². The zero-order valence-electron chi connectivity index (χ0n) is 11.3. The number of aromatic nitrogens is 2. The third kappa shape index (κ3) is 3.26. The molecule has 1 aromatic heterocycles. The second-order valence-corrected chi connectivity index (χ2v) is 7.07. The van der Waals surface area contributed by atoms with Crippen molar-refractivity contribution in [1.82, 2.24) is 9.55 Å². The molecule has 6 heteroatoms. The largest absolute Gasteiger partial charge is 0.399 e. The van der Waals surface area contributed by atoms with Crippen LogP contribution >= 0.6 is 0 Å². The van der Waals surface area contributed by atoms with E-state index in [1.165, 1.54) is 6.26 Å². The lowest BCUT2D eigenvalue weighted by Gasteiger charge is -2.07. The van der Waals surface area contributed by atoms with Gasteiger partial charge < -0.3 is 10.3 Å². The number of sulfone groups is 1. The predicted octanol–water partition coefficient (Wildman–Crippen LogP) is 1.62. The summed E-state index contributed by atoms with van der Waals surface area (Å²) >= 11 is 0. The van der Waals surface area contributed by atoms with Crippen LogP contribution in [0.2, 0.25) is 0 Å². The molecule has 0 saturated heterocycles. The molecule has 0 aliphatic rings. The number of nitrogens with zero attached hydrogens (tertiary/aromatic N) is 2. The van der Waals surface area contributed by atoms with Crippen molar-refractivity contribution in [2.24, 2.45) is 0 Å². The van der Waals surface area contributed by atoms with E-state index in [0.717, 1.165) is 29.7 Å². The molecule has 2 aromatic rings. The molecule has 1 heterocycles. The van der Waals surface area contributed by atoms with E-state index in [0.29, 0.717) is 12.2 Å². The van der Waals surface area contributed by atoms with Crippen molar-refractivity contribution < 1.29 is 8.42 Å². The SMILES string of the molecule is CCCc1nc2cc(N)ccc2n1CCS(C)(=O)=O. The van der Waals surface area contributed by atoms with Gasteiger partial charge in [-0.05, 0) is 24.6 Å². The topological polar surface area (TPSA) is 78.0 Å². The highest BCUT2D eigenvalue weighted by Crippen LogP contribution is 2.20. The van der Waals surface area contributed by atoms with Crippen molar-refractivity contribution in [3.8, 4) is 0 Å². The van der Waals surface area contributed by atoms with Gasteiger partial charge in [0, 0.05) is 24.9 Å². The van der Waals surface area contributed by atoms with Crippen LogP contribution < -0.4 is 5.73 Å². The fourth-order valence-electron chi connectivity index (χ4n) is 2.12. The van der Waals surface area contributed by atoms with Crippen LogP contribution in [-0.2, 0) is 22.8 Å². The molecule has 19 heavy (non-hydrogen) atoms. The lowest BCUT2D eigenvalue weighted by atomic mass is 10.3. The molecule has 0 aliphatic heterocycles. The van der Waals surface area contributed by atoms with E-state index in [1.54, 1.807) is 0 Å². The Morgan fingerprint density at radius 3 is 2.74 bits per heavy atom. The zero-order valence-corrected chi connectivity index (χ0v) is 12.1. The van der Waals surface area contributed by atoms with Crippen LogP contribution in [0.15, 0.2) is 18.2 Å².